The number of aliphatic carboxylic acids is 1. The Bertz CT molecular complexity index is 1010. The Hall–Kier alpha value is -2.37. The molecule has 25 heavy (non-hydrogen) atoms. The summed E-state index contributed by atoms with van der Waals surface area (Å²) >= 11 is 11.7. The van der Waals surface area contributed by atoms with E-state index in [1.54, 1.807) is 31.3 Å². The zero-order chi connectivity index (χ0) is 18.3. The van der Waals surface area contributed by atoms with Crippen LogP contribution >= 0.6 is 23.2 Å². The topological polar surface area (TPSA) is 59.3 Å². The molecule has 0 fully saturated rings. The molecule has 2 aromatic carbocycles. The number of ketones is 1. The molecule has 0 amide bonds. The summed E-state index contributed by atoms with van der Waals surface area (Å²) in [6, 6.07) is 8.81. The van der Waals surface area contributed by atoms with Crippen LogP contribution in [0.4, 0.5) is 4.39 Å². The molecule has 0 saturated carbocycles. The number of aryl methyl sites for hydroxylation is 1. The zero-order valence-corrected chi connectivity index (χ0v) is 14.5. The predicted octanol–water partition coefficient (Wildman–Crippen LogP) is 4.48. The molecule has 0 aliphatic heterocycles. The fourth-order valence-electron chi connectivity index (χ4n) is 2.86. The van der Waals surface area contributed by atoms with Gasteiger partial charge in [-0.15, -0.1) is 0 Å². The number of halogens is 3. The van der Waals surface area contributed by atoms with Gasteiger partial charge in [0.1, 0.15) is 5.82 Å². The maximum atomic E-state index is 13.9. The number of rotatable bonds is 4. The minimum atomic E-state index is -1.12. The highest BCUT2D eigenvalue weighted by Crippen LogP contribution is 2.31. The summed E-state index contributed by atoms with van der Waals surface area (Å²) in [5.74, 6) is -2.16. The lowest BCUT2D eigenvalue weighted by Crippen LogP contribution is -2.12. The Morgan fingerprint density at radius 3 is 2.40 bits per heavy atom. The monoisotopic (exact) mass is 379 g/mol. The first-order valence-corrected chi connectivity index (χ1v) is 8.03. The zero-order valence-electron chi connectivity index (χ0n) is 13.0. The third-order valence-corrected chi connectivity index (χ3v) is 4.54. The van der Waals surface area contributed by atoms with Crippen LogP contribution in [0.5, 0.6) is 0 Å². The average Bonchev–Trinajstić information content (AvgIpc) is 2.80. The molecule has 0 bridgehead atoms. The Morgan fingerprint density at radius 2 is 1.80 bits per heavy atom. The summed E-state index contributed by atoms with van der Waals surface area (Å²) in [6.07, 6.45) is -0.410. The van der Waals surface area contributed by atoms with E-state index in [1.165, 1.54) is 10.6 Å². The maximum absolute atomic E-state index is 13.9. The fraction of sp³-hybridized carbons (Fsp3) is 0.111. The molecule has 0 saturated heterocycles. The first kappa shape index (κ1) is 17.5. The molecule has 3 aromatic rings. The summed E-state index contributed by atoms with van der Waals surface area (Å²) in [6.45, 7) is 0. The summed E-state index contributed by atoms with van der Waals surface area (Å²) in [5.41, 5.74) is 1.27. The first-order valence-electron chi connectivity index (χ1n) is 7.28. The quantitative estimate of drug-likeness (QED) is 0.679. The van der Waals surface area contributed by atoms with Crippen molar-refractivity contribution in [3.05, 3.63) is 69.1 Å². The molecule has 128 valence electrons. The molecule has 0 unspecified atom stereocenters. The van der Waals surface area contributed by atoms with Crippen LogP contribution in [-0.4, -0.2) is 21.4 Å². The van der Waals surface area contributed by atoms with Gasteiger partial charge in [-0.25, -0.2) is 4.39 Å². The molecule has 0 aliphatic carbocycles. The van der Waals surface area contributed by atoms with Crippen molar-refractivity contribution in [2.24, 2.45) is 7.05 Å². The Balaban J connectivity index is 2.28. The summed E-state index contributed by atoms with van der Waals surface area (Å²) in [4.78, 5) is 24.2. The second-order valence-corrected chi connectivity index (χ2v) is 6.42. The minimum Gasteiger partial charge on any atom is -0.481 e. The Kier molecular flexibility index (Phi) is 4.54. The van der Waals surface area contributed by atoms with Gasteiger partial charge in [-0.1, -0.05) is 23.2 Å². The molecule has 0 spiro atoms. The molecule has 1 heterocycles. The van der Waals surface area contributed by atoms with Gasteiger partial charge >= 0.3 is 5.97 Å². The van der Waals surface area contributed by atoms with Gasteiger partial charge in [-0.2, -0.15) is 0 Å². The Morgan fingerprint density at radius 1 is 1.16 bits per heavy atom. The SMILES string of the molecule is Cn1c(C(=O)c2ccc(Cl)cc2)c(CC(=O)O)c2cc(F)c(Cl)cc21. The molecule has 1 aromatic heterocycles. The molecule has 1 N–H and O–H groups in total. The van der Waals surface area contributed by atoms with Crippen molar-refractivity contribution < 1.29 is 19.1 Å². The molecule has 3 rings (SSSR count). The van der Waals surface area contributed by atoms with E-state index in [9.17, 15) is 19.1 Å². The van der Waals surface area contributed by atoms with Gasteiger partial charge in [0.05, 0.1) is 22.7 Å². The highest BCUT2D eigenvalue weighted by molar-refractivity contribution is 6.31. The van der Waals surface area contributed by atoms with Crippen molar-refractivity contribution in [2.45, 2.75) is 6.42 Å². The van der Waals surface area contributed by atoms with E-state index in [-0.39, 0.29) is 22.1 Å². The van der Waals surface area contributed by atoms with Crippen molar-refractivity contribution in [3.63, 3.8) is 0 Å². The normalized spacial score (nSPS) is 11.0. The highest BCUT2D eigenvalue weighted by atomic mass is 35.5. The van der Waals surface area contributed by atoms with Crippen molar-refractivity contribution in [3.8, 4) is 0 Å². The fourth-order valence-corrected chi connectivity index (χ4v) is 3.15. The van der Waals surface area contributed by atoms with Crippen LogP contribution in [0.1, 0.15) is 21.6 Å². The van der Waals surface area contributed by atoms with Gasteiger partial charge < -0.3 is 9.67 Å². The van der Waals surface area contributed by atoms with Crippen LogP contribution in [0.2, 0.25) is 10.0 Å². The predicted molar refractivity (Wildman–Crippen MR) is 94.1 cm³/mol. The van der Waals surface area contributed by atoms with Crippen molar-refractivity contribution >= 4 is 45.9 Å². The lowest BCUT2D eigenvalue weighted by molar-refractivity contribution is -0.136. The lowest BCUT2D eigenvalue weighted by atomic mass is 10.0. The molecule has 4 nitrogen and oxygen atoms in total. The van der Waals surface area contributed by atoms with E-state index >= 15 is 0 Å². The van der Waals surface area contributed by atoms with Crippen molar-refractivity contribution in [1.29, 1.82) is 0 Å². The van der Waals surface area contributed by atoms with Gasteiger partial charge in [-0.05, 0) is 36.4 Å². The van der Waals surface area contributed by atoms with Crippen LogP contribution in [-0.2, 0) is 18.3 Å². The first-order chi connectivity index (χ1) is 11.8. The smallest absolute Gasteiger partial charge is 0.307 e. The second-order valence-electron chi connectivity index (χ2n) is 5.58. The van der Waals surface area contributed by atoms with Crippen LogP contribution < -0.4 is 0 Å². The number of carbonyl (C=O) groups excluding carboxylic acids is 1. The van der Waals surface area contributed by atoms with E-state index in [4.69, 9.17) is 23.2 Å². The number of nitrogens with zero attached hydrogens (tertiary/aromatic N) is 1. The van der Waals surface area contributed by atoms with Gasteiger partial charge in [0.25, 0.3) is 0 Å². The standard InChI is InChI=1S/C18H12Cl2FNO3/c1-22-15-8-13(20)14(21)6-11(15)12(7-16(23)24)17(22)18(25)9-2-4-10(19)5-3-9/h2-6,8H,7H2,1H3,(H,23,24). The second kappa shape index (κ2) is 6.50. The molecule has 7 heteroatoms. The van der Waals surface area contributed by atoms with Gasteiger partial charge in [0.2, 0.25) is 5.78 Å². The van der Waals surface area contributed by atoms with Crippen LogP contribution in [0.3, 0.4) is 0 Å². The lowest BCUT2D eigenvalue weighted by Gasteiger charge is -2.06. The number of aromatic nitrogens is 1. The average molecular weight is 380 g/mol. The van der Waals surface area contributed by atoms with Gasteiger partial charge in [0.15, 0.2) is 0 Å². The van der Waals surface area contributed by atoms with E-state index < -0.39 is 18.2 Å². The number of carbonyl (C=O) groups is 2. The van der Waals surface area contributed by atoms with Crippen LogP contribution in [0.15, 0.2) is 36.4 Å². The van der Waals surface area contributed by atoms with E-state index in [0.717, 1.165) is 6.07 Å². The summed E-state index contributed by atoms with van der Waals surface area (Å²) < 4.78 is 15.4. The number of carboxylic acids is 1. The largest absolute Gasteiger partial charge is 0.481 e. The summed E-state index contributed by atoms with van der Waals surface area (Å²) in [7, 11) is 1.62. The van der Waals surface area contributed by atoms with Crippen LogP contribution in [0.25, 0.3) is 10.9 Å². The van der Waals surface area contributed by atoms with Crippen molar-refractivity contribution in [2.75, 3.05) is 0 Å². The van der Waals surface area contributed by atoms with Gasteiger partial charge in [0, 0.05) is 28.6 Å². The van der Waals surface area contributed by atoms with Crippen LogP contribution in [0, 0.1) is 5.82 Å². The Labute approximate surface area is 152 Å². The molecule has 0 radical (unpaired) electrons. The molecular weight excluding hydrogens is 368 g/mol. The van der Waals surface area contributed by atoms with E-state index in [0.29, 0.717) is 21.5 Å². The van der Waals surface area contributed by atoms with Crippen molar-refractivity contribution in [1.82, 2.24) is 4.57 Å². The van der Waals surface area contributed by atoms with E-state index in [1.807, 2.05) is 0 Å². The molecular formula is C18H12Cl2FNO3. The number of carboxylic acid groups (broad SMARTS) is 1. The minimum absolute atomic E-state index is 0.0968. The molecule has 0 atom stereocenters. The number of benzene rings is 2. The van der Waals surface area contributed by atoms with E-state index in [2.05, 4.69) is 0 Å². The third kappa shape index (κ3) is 3.13. The third-order valence-electron chi connectivity index (χ3n) is 4.00. The number of hydrogen-bond acceptors (Lipinski definition) is 2. The van der Waals surface area contributed by atoms with Gasteiger partial charge in [-0.3, -0.25) is 9.59 Å². The number of hydrogen-bond donors (Lipinski definition) is 1. The summed E-state index contributed by atoms with van der Waals surface area (Å²) in [5, 5.41) is 9.95. The highest BCUT2D eigenvalue weighted by Gasteiger charge is 2.24. The number of fused-ring (bicyclic) bond motifs is 1. The molecule has 0 aliphatic rings. The maximum Gasteiger partial charge on any atom is 0.307 e.